The second-order valence-electron chi connectivity index (χ2n) is 6.93. The highest BCUT2D eigenvalue weighted by atomic mass is 32.1. The summed E-state index contributed by atoms with van der Waals surface area (Å²) in [7, 11) is 0. The Morgan fingerprint density at radius 1 is 1.18 bits per heavy atom. The molecule has 1 aromatic heterocycles. The fourth-order valence-electron chi connectivity index (χ4n) is 3.84. The number of carbonyl (C=O) groups excluding carboxylic acids is 1. The Bertz CT molecular complexity index is 474. The van der Waals surface area contributed by atoms with E-state index in [0.29, 0.717) is 5.69 Å². The lowest BCUT2D eigenvalue weighted by atomic mass is 9.79. The lowest BCUT2D eigenvalue weighted by Crippen LogP contribution is -2.52. The molecule has 1 amide bonds. The number of hydrogen-bond acceptors (Lipinski definition) is 5. The number of hydrogen-bond donors (Lipinski definition) is 0. The van der Waals surface area contributed by atoms with Crippen molar-refractivity contribution < 1.29 is 4.79 Å². The SMILES string of the molecule is CC(C)C1CCC(N2CCN(C(=O)c3csnn3)CC2)CC1. The van der Waals surface area contributed by atoms with Gasteiger partial charge in [0, 0.05) is 37.6 Å². The first-order valence-corrected chi connectivity index (χ1v) is 9.29. The van der Waals surface area contributed by atoms with Crippen LogP contribution in [0.25, 0.3) is 0 Å². The minimum absolute atomic E-state index is 0.0388. The maximum absolute atomic E-state index is 12.3. The van der Waals surface area contributed by atoms with E-state index >= 15 is 0 Å². The first-order valence-electron chi connectivity index (χ1n) is 8.45. The predicted molar refractivity (Wildman–Crippen MR) is 88.0 cm³/mol. The van der Waals surface area contributed by atoms with Crippen molar-refractivity contribution in [3.63, 3.8) is 0 Å². The summed E-state index contributed by atoms with van der Waals surface area (Å²) in [5, 5.41) is 5.63. The molecule has 0 spiro atoms. The molecule has 2 aliphatic rings. The van der Waals surface area contributed by atoms with Crippen molar-refractivity contribution in [3.8, 4) is 0 Å². The van der Waals surface area contributed by atoms with Gasteiger partial charge in [0.15, 0.2) is 5.69 Å². The van der Waals surface area contributed by atoms with Gasteiger partial charge in [-0.1, -0.05) is 18.3 Å². The first kappa shape index (κ1) is 15.9. The molecular formula is C16H26N4OS. The largest absolute Gasteiger partial charge is 0.335 e. The predicted octanol–water partition coefficient (Wildman–Crippen LogP) is 2.51. The van der Waals surface area contributed by atoms with Crippen LogP contribution < -0.4 is 0 Å². The lowest BCUT2D eigenvalue weighted by Gasteiger charge is -2.42. The molecule has 6 heteroatoms. The number of aromatic nitrogens is 2. The average Bonchev–Trinajstić information content (AvgIpc) is 3.09. The van der Waals surface area contributed by atoms with Crippen LogP contribution in [0.5, 0.6) is 0 Å². The van der Waals surface area contributed by atoms with E-state index in [1.165, 1.54) is 37.2 Å². The first-order chi connectivity index (χ1) is 10.6. The minimum atomic E-state index is 0.0388. The Hall–Kier alpha value is -1.01. The average molecular weight is 322 g/mol. The third-order valence-electron chi connectivity index (χ3n) is 5.38. The van der Waals surface area contributed by atoms with Crippen LogP contribution in [-0.4, -0.2) is 57.5 Å². The van der Waals surface area contributed by atoms with Gasteiger partial charge in [-0.25, -0.2) is 0 Å². The van der Waals surface area contributed by atoms with E-state index in [1.54, 1.807) is 5.38 Å². The second kappa shape index (κ2) is 7.04. The molecule has 0 N–H and O–H groups in total. The molecule has 0 radical (unpaired) electrons. The van der Waals surface area contributed by atoms with Crippen LogP contribution in [0.4, 0.5) is 0 Å². The fraction of sp³-hybridized carbons (Fsp3) is 0.812. The van der Waals surface area contributed by atoms with Crippen LogP contribution in [0.3, 0.4) is 0 Å². The number of amides is 1. The van der Waals surface area contributed by atoms with E-state index in [2.05, 4.69) is 28.3 Å². The summed E-state index contributed by atoms with van der Waals surface area (Å²) < 4.78 is 3.78. The molecule has 0 unspecified atom stereocenters. The number of nitrogens with zero attached hydrogens (tertiary/aromatic N) is 4. The maximum atomic E-state index is 12.3. The third-order valence-corrected chi connectivity index (χ3v) is 5.89. The minimum Gasteiger partial charge on any atom is -0.335 e. The van der Waals surface area contributed by atoms with Crippen LogP contribution >= 0.6 is 11.5 Å². The Labute approximate surface area is 136 Å². The van der Waals surface area contributed by atoms with Crippen molar-refractivity contribution in [2.75, 3.05) is 26.2 Å². The van der Waals surface area contributed by atoms with Gasteiger partial charge < -0.3 is 4.90 Å². The zero-order valence-electron chi connectivity index (χ0n) is 13.6. The van der Waals surface area contributed by atoms with Gasteiger partial charge >= 0.3 is 0 Å². The summed E-state index contributed by atoms with van der Waals surface area (Å²) in [6, 6.07) is 0.730. The van der Waals surface area contributed by atoms with Crippen LogP contribution in [-0.2, 0) is 0 Å². The van der Waals surface area contributed by atoms with E-state index in [0.717, 1.165) is 44.1 Å². The Morgan fingerprint density at radius 2 is 1.86 bits per heavy atom. The van der Waals surface area contributed by atoms with Crippen LogP contribution in [0, 0.1) is 11.8 Å². The second-order valence-corrected chi connectivity index (χ2v) is 7.54. The van der Waals surface area contributed by atoms with Gasteiger partial charge in [-0.2, -0.15) is 0 Å². The molecule has 0 atom stereocenters. The van der Waals surface area contributed by atoms with Gasteiger partial charge in [0.25, 0.3) is 5.91 Å². The molecule has 1 saturated carbocycles. The van der Waals surface area contributed by atoms with Crippen molar-refractivity contribution in [1.29, 1.82) is 0 Å². The summed E-state index contributed by atoms with van der Waals surface area (Å²) >= 11 is 1.24. The molecule has 1 aromatic rings. The highest BCUT2D eigenvalue weighted by Gasteiger charge is 2.30. The molecule has 3 rings (SSSR count). The van der Waals surface area contributed by atoms with Crippen molar-refractivity contribution in [2.24, 2.45) is 11.8 Å². The summed E-state index contributed by atoms with van der Waals surface area (Å²) in [5.74, 6) is 1.77. The molecule has 1 aliphatic heterocycles. The topological polar surface area (TPSA) is 49.3 Å². The molecule has 122 valence electrons. The van der Waals surface area contributed by atoms with Crippen molar-refractivity contribution in [2.45, 2.75) is 45.6 Å². The molecule has 2 fully saturated rings. The van der Waals surface area contributed by atoms with Gasteiger partial charge in [-0.3, -0.25) is 9.69 Å². The molecule has 0 aromatic carbocycles. The van der Waals surface area contributed by atoms with E-state index < -0.39 is 0 Å². The Morgan fingerprint density at radius 3 is 2.41 bits per heavy atom. The van der Waals surface area contributed by atoms with Crippen LogP contribution in [0.2, 0.25) is 0 Å². The highest BCUT2D eigenvalue weighted by Crippen LogP contribution is 2.32. The van der Waals surface area contributed by atoms with E-state index in [-0.39, 0.29) is 5.91 Å². The molecule has 1 aliphatic carbocycles. The van der Waals surface area contributed by atoms with Crippen molar-refractivity contribution >= 4 is 17.4 Å². The van der Waals surface area contributed by atoms with Gasteiger partial charge in [-0.05, 0) is 49.1 Å². The Balaban J connectivity index is 1.47. The molecule has 1 saturated heterocycles. The van der Waals surface area contributed by atoms with Gasteiger partial charge in [0.2, 0.25) is 0 Å². The normalized spacial score (nSPS) is 27.3. The summed E-state index contributed by atoms with van der Waals surface area (Å²) in [5.41, 5.74) is 0.496. The molecule has 22 heavy (non-hydrogen) atoms. The highest BCUT2D eigenvalue weighted by molar-refractivity contribution is 7.03. The summed E-state index contributed by atoms with van der Waals surface area (Å²) in [4.78, 5) is 16.8. The number of carbonyl (C=O) groups is 1. The number of piperazine rings is 1. The summed E-state index contributed by atoms with van der Waals surface area (Å²) in [6.45, 7) is 8.34. The third kappa shape index (κ3) is 3.49. The zero-order chi connectivity index (χ0) is 15.5. The lowest BCUT2D eigenvalue weighted by molar-refractivity contribution is 0.0473. The molecular weight excluding hydrogens is 296 g/mol. The van der Waals surface area contributed by atoms with Crippen LogP contribution in [0.1, 0.15) is 50.0 Å². The standard InChI is InChI=1S/C16H26N4OS/c1-12(2)13-3-5-14(6-4-13)19-7-9-20(10-8-19)16(21)15-11-22-18-17-15/h11-14H,3-10H2,1-2H3. The quantitative estimate of drug-likeness (QED) is 0.858. The van der Waals surface area contributed by atoms with Crippen molar-refractivity contribution in [3.05, 3.63) is 11.1 Å². The van der Waals surface area contributed by atoms with E-state index in [4.69, 9.17) is 0 Å². The Kier molecular flexibility index (Phi) is 5.08. The number of rotatable bonds is 3. The smallest absolute Gasteiger partial charge is 0.275 e. The van der Waals surface area contributed by atoms with Gasteiger partial charge in [0.05, 0.1) is 0 Å². The molecule has 5 nitrogen and oxygen atoms in total. The van der Waals surface area contributed by atoms with Gasteiger partial charge in [-0.15, -0.1) is 5.10 Å². The maximum Gasteiger partial charge on any atom is 0.275 e. The zero-order valence-corrected chi connectivity index (χ0v) is 14.4. The van der Waals surface area contributed by atoms with Crippen molar-refractivity contribution in [1.82, 2.24) is 19.4 Å². The molecule has 0 bridgehead atoms. The summed E-state index contributed by atoms with van der Waals surface area (Å²) in [6.07, 6.45) is 5.39. The van der Waals surface area contributed by atoms with E-state index in [1.807, 2.05) is 4.90 Å². The molecule has 2 heterocycles. The van der Waals surface area contributed by atoms with Gasteiger partial charge in [0.1, 0.15) is 0 Å². The van der Waals surface area contributed by atoms with Crippen LogP contribution in [0.15, 0.2) is 5.38 Å². The monoisotopic (exact) mass is 322 g/mol. The fourth-order valence-corrected chi connectivity index (χ4v) is 4.27. The van der Waals surface area contributed by atoms with E-state index in [9.17, 15) is 4.79 Å².